The summed E-state index contributed by atoms with van der Waals surface area (Å²) in [4.78, 5) is 10.2. The third-order valence-corrected chi connectivity index (χ3v) is 3.45. The van der Waals surface area contributed by atoms with Crippen molar-refractivity contribution >= 4 is 17.8 Å². The third kappa shape index (κ3) is 5.19. The Hall–Kier alpha value is -2.70. The van der Waals surface area contributed by atoms with Crippen molar-refractivity contribution in [2.45, 2.75) is 0 Å². The molecule has 0 saturated heterocycles. The van der Waals surface area contributed by atoms with E-state index in [4.69, 9.17) is 14.9 Å². The number of hydrogen-bond acceptors (Lipinski definition) is 5. The van der Waals surface area contributed by atoms with Gasteiger partial charge in [-0.15, -0.1) is 0 Å². The average molecular weight is 329 g/mol. The number of benzene rings is 2. The first-order chi connectivity index (χ1) is 11.6. The molecule has 126 valence electrons. The third-order valence-electron chi connectivity index (χ3n) is 3.45. The molecule has 0 spiro atoms. The number of rotatable bonds is 8. The van der Waals surface area contributed by atoms with E-state index in [9.17, 15) is 10.1 Å². The maximum atomic E-state index is 10.6. The van der Waals surface area contributed by atoms with Crippen LogP contribution in [0, 0.1) is 16.0 Å². The van der Waals surface area contributed by atoms with E-state index in [-0.39, 0.29) is 31.4 Å². The maximum Gasteiger partial charge on any atom is 0.269 e. The molecule has 0 aliphatic heterocycles. The summed E-state index contributed by atoms with van der Waals surface area (Å²) in [7, 11) is 0. The number of nitro groups is 1. The minimum absolute atomic E-state index is 0.0673. The lowest BCUT2D eigenvalue weighted by Gasteiger charge is -2.12. The summed E-state index contributed by atoms with van der Waals surface area (Å²) in [6.07, 6.45) is 3.77. The first kappa shape index (κ1) is 17.7. The van der Waals surface area contributed by atoms with Gasteiger partial charge in [-0.3, -0.25) is 10.1 Å². The number of non-ortho nitro benzene ring substituents is 1. The normalized spacial score (nSPS) is 11.1. The summed E-state index contributed by atoms with van der Waals surface area (Å²) in [6, 6.07) is 13.7. The molecular formula is C18H19NO5. The Morgan fingerprint density at radius 2 is 1.46 bits per heavy atom. The molecule has 6 nitrogen and oxygen atoms in total. The Labute approximate surface area is 139 Å². The molecule has 24 heavy (non-hydrogen) atoms. The van der Waals surface area contributed by atoms with Gasteiger partial charge in [-0.1, -0.05) is 24.3 Å². The Bertz CT molecular complexity index is 676. The Balaban J connectivity index is 1.94. The van der Waals surface area contributed by atoms with Crippen LogP contribution in [0.25, 0.3) is 12.2 Å². The largest absolute Gasteiger partial charge is 0.493 e. The average Bonchev–Trinajstić information content (AvgIpc) is 2.62. The number of ether oxygens (including phenoxy) is 1. The van der Waals surface area contributed by atoms with Crippen LogP contribution < -0.4 is 4.74 Å². The molecule has 0 aliphatic carbocycles. The molecule has 0 aliphatic rings. The zero-order valence-electron chi connectivity index (χ0n) is 13.0. The predicted molar refractivity (Wildman–Crippen MR) is 91.6 cm³/mol. The second-order valence-electron chi connectivity index (χ2n) is 5.29. The van der Waals surface area contributed by atoms with Gasteiger partial charge in [0.15, 0.2) is 0 Å². The molecule has 0 saturated carbocycles. The SMILES string of the molecule is O=[N+]([O-])c1ccc(C=Cc2ccc(OCC(CO)CO)cc2)cc1. The lowest BCUT2D eigenvalue weighted by atomic mass is 10.1. The fourth-order valence-electron chi connectivity index (χ4n) is 1.95. The minimum Gasteiger partial charge on any atom is -0.493 e. The smallest absolute Gasteiger partial charge is 0.269 e. The molecule has 0 radical (unpaired) electrons. The highest BCUT2D eigenvalue weighted by atomic mass is 16.6. The van der Waals surface area contributed by atoms with Crippen molar-refractivity contribution < 1.29 is 19.9 Å². The first-order valence-corrected chi connectivity index (χ1v) is 7.49. The molecule has 0 fully saturated rings. The van der Waals surface area contributed by atoms with Crippen molar-refractivity contribution in [1.82, 2.24) is 0 Å². The molecule has 0 unspecified atom stereocenters. The highest BCUT2D eigenvalue weighted by Gasteiger charge is 2.06. The van der Waals surface area contributed by atoms with Crippen LogP contribution in [-0.2, 0) is 0 Å². The second-order valence-corrected chi connectivity index (χ2v) is 5.29. The topological polar surface area (TPSA) is 92.8 Å². The molecule has 0 amide bonds. The van der Waals surface area contributed by atoms with Gasteiger partial charge >= 0.3 is 0 Å². The van der Waals surface area contributed by atoms with Crippen LogP contribution in [0.3, 0.4) is 0 Å². The molecule has 0 heterocycles. The van der Waals surface area contributed by atoms with Gasteiger partial charge in [-0.2, -0.15) is 0 Å². The molecule has 0 atom stereocenters. The van der Waals surface area contributed by atoms with E-state index in [0.29, 0.717) is 5.75 Å². The van der Waals surface area contributed by atoms with Gasteiger partial charge in [0.05, 0.1) is 24.7 Å². The summed E-state index contributed by atoms with van der Waals surface area (Å²) in [5.74, 6) is 0.376. The first-order valence-electron chi connectivity index (χ1n) is 7.49. The quantitative estimate of drug-likeness (QED) is 0.441. The van der Waals surface area contributed by atoms with Crippen LogP contribution in [0.5, 0.6) is 5.75 Å². The van der Waals surface area contributed by atoms with Gasteiger partial charge in [0.2, 0.25) is 0 Å². The van der Waals surface area contributed by atoms with Gasteiger partial charge in [0.1, 0.15) is 5.75 Å². The van der Waals surface area contributed by atoms with Gasteiger partial charge in [0, 0.05) is 18.1 Å². The fraction of sp³-hybridized carbons (Fsp3) is 0.222. The number of nitrogens with zero attached hydrogens (tertiary/aromatic N) is 1. The molecular weight excluding hydrogens is 310 g/mol. The molecule has 2 rings (SSSR count). The van der Waals surface area contributed by atoms with Crippen molar-refractivity contribution in [3.8, 4) is 5.75 Å². The van der Waals surface area contributed by atoms with E-state index in [1.165, 1.54) is 12.1 Å². The predicted octanol–water partition coefficient (Wildman–Crippen LogP) is 2.74. The monoisotopic (exact) mass is 329 g/mol. The molecule has 2 aromatic carbocycles. The minimum atomic E-state index is -0.426. The lowest BCUT2D eigenvalue weighted by Crippen LogP contribution is -2.19. The van der Waals surface area contributed by atoms with Crippen molar-refractivity contribution in [1.29, 1.82) is 0 Å². The Kier molecular flexibility index (Phi) is 6.48. The van der Waals surface area contributed by atoms with E-state index in [1.807, 2.05) is 24.3 Å². The highest BCUT2D eigenvalue weighted by molar-refractivity contribution is 5.70. The molecule has 6 heteroatoms. The highest BCUT2D eigenvalue weighted by Crippen LogP contribution is 2.17. The van der Waals surface area contributed by atoms with Gasteiger partial charge in [0.25, 0.3) is 5.69 Å². The van der Waals surface area contributed by atoms with Crippen LogP contribution in [0.4, 0.5) is 5.69 Å². The van der Waals surface area contributed by atoms with Crippen molar-refractivity contribution in [3.63, 3.8) is 0 Å². The van der Waals surface area contributed by atoms with Crippen LogP contribution in [0.1, 0.15) is 11.1 Å². The summed E-state index contributed by atoms with van der Waals surface area (Å²) in [5, 5.41) is 28.6. The van der Waals surface area contributed by atoms with Gasteiger partial charge in [-0.25, -0.2) is 0 Å². The zero-order valence-corrected chi connectivity index (χ0v) is 13.0. The van der Waals surface area contributed by atoms with E-state index < -0.39 is 4.92 Å². The van der Waals surface area contributed by atoms with Gasteiger partial charge < -0.3 is 14.9 Å². The number of nitro benzene ring substituents is 1. The van der Waals surface area contributed by atoms with Crippen molar-refractivity contribution in [2.75, 3.05) is 19.8 Å². The van der Waals surface area contributed by atoms with Crippen LogP contribution in [0.15, 0.2) is 48.5 Å². The number of aliphatic hydroxyl groups excluding tert-OH is 2. The fourth-order valence-corrected chi connectivity index (χ4v) is 1.95. The Morgan fingerprint density at radius 1 is 0.958 bits per heavy atom. The van der Waals surface area contributed by atoms with Crippen molar-refractivity contribution in [3.05, 3.63) is 69.8 Å². The van der Waals surface area contributed by atoms with E-state index in [0.717, 1.165) is 11.1 Å². The van der Waals surface area contributed by atoms with Crippen LogP contribution in [-0.4, -0.2) is 35.0 Å². The standard InChI is InChI=1S/C18H19NO5/c20-11-16(12-21)13-24-18-9-5-15(6-10-18)2-1-14-3-7-17(8-4-14)19(22)23/h1-10,16,20-21H,11-13H2. The van der Waals surface area contributed by atoms with Crippen LogP contribution >= 0.6 is 0 Å². The van der Waals surface area contributed by atoms with E-state index in [2.05, 4.69) is 0 Å². The summed E-state index contributed by atoms with van der Waals surface area (Å²) in [5.41, 5.74) is 1.90. The Morgan fingerprint density at radius 3 is 1.92 bits per heavy atom. The van der Waals surface area contributed by atoms with Crippen LogP contribution in [0.2, 0.25) is 0 Å². The lowest BCUT2D eigenvalue weighted by molar-refractivity contribution is -0.384. The summed E-state index contributed by atoms with van der Waals surface area (Å²) >= 11 is 0. The van der Waals surface area contributed by atoms with Crippen molar-refractivity contribution in [2.24, 2.45) is 5.92 Å². The van der Waals surface area contributed by atoms with E-state index >= 15 is 0 Å². The number of hydrogen-bond donors (Lipinski definition) is 2. The maximum absolute atomic E-state index is 10.6. The molecule has 0 aromatic heterocycles. The van der Waals surface area contributed by atoms with E-state index in [1.54, 1.807) is 24.3 Å². The zero-order chi connectivity index (χ0) is 17.4. The second kappa shape index (κ2) is 8.81. The number of aliphatic hydroxyl groups is 2. The molecule has 2 aromatic rings. The molecule has 0 bridgehead atoms. The molecule has 2 N–H and O–H groups in total. The summed E-state index contributed by atoms with van der Waals surface area (Å²) < 4.78 is 5.50. The summed E-state index contributed by atoms with van der Waals surface area (Å²) in [6.45, 7) is 0.0180. The van der Waals surface area contributed by atoms with Gasteiger partial charge in [-0.05, 0) is 35.4 Å².